The number of aryl methyl sites for hydroxylation is 1. The Hall–Kier alpha value is -4.84. The largest absolute Gasteiger partial charge is 0.460 e. The van der Waals surface area contributed by atoms with Gasteiger partial charge in [0, 0.05) is 12.8 Å². The number of alkyl carbamates (subject to hydrolysis) is 1. The first-order chi connectivity index (χ1) is 28.8. The summed E-state index contributed by atoms with van der Waals surface area (Å²) in [5, 5.41) is 2.19. The van der Waals surface area contributed by atoms with Gasteiger partial charge in [-0.1, -0.05) is 42.5 Å². The molecule has 1 unspecified atom stereocenters. The monoisotopic (exact) mass is 985 g/mol. The number of carbonyl (C=O) groups is 2. The van der Waals surface area contributed by atoms with E-state index in [9.17, 15) is 106 Å². The number of esters is 1. The van der Waals surface area contributed by atoms with E-state index in [4.69, 9.17) is 9.47 Å². The highest BCUT2D eigenvalue weighted by Gasteiger charge is 2.96. The number of ether oxygens (including phenoxy) is 2. The molecule has 0 saturated carbocycles. The normalized spacial score (nSPS) is 15.1. The van der Waals surface area contributed by atoms with Gasteiger partial charge in [-0.3, -0.25) is 0 Å². The summed E-state index contributed by atoms with van der Waals surface area (Å²) < 4.78 is 311. The highest BCUT2D eigenvalue weighted by atomic mass is 19.4. The summed E-state index contributed by atoms with van der Waals surface area (Å²) in [4.78, 5) is 26.7. The summed E-state index contributed by atoms with van der Waals surface area (Å²) in [7, 11) is 0. The zero-order chi connectivity index (χ0) is 51.1. The summed E-state index contributed by atoms with van der Waals surface area (Å²) in [5.41, 5.74) is -2.64. The van der Waals surface area contributed by atoms with Crippen LogP contribution in [0.25, 0.3) is 0 Å². The van der Waals surface area contributed by atoms with Crippen molar-refractivity contribution in [2.45, 2.75) is 131 Å². The number of nitrogens with one attached hydrogen (secondary N) is 1. The van der Waals surface area contributed by atoms with E-state index in [0.29, 0.717) is 29.8 Å². The van der Waals surface area contributed by atoms with Crippen LogP contribution in [0.15, 0.2) is 65.9 Å². The van der Waals surface area contributed by atoms with Crippen LogP contribution in [0.3, 0.4) is 0 Å². The molecule has 2 aromatic rings. The average molecular weight is 986 g/mol. The van der Waals surface area contributed by atoms with E-state index in [2.05, 4.69) is 11.0 Å². The molecular formula is C38H33F22NO4. The molecule has 0 aliphatic heterocycles. The molecule has 0 aromatic heterocycles. The molecule has 1 N–H and O–H groups in total. The Morgan fingerprint density at radius 2 is 1.05 bits per heavy atom. The maximum absolute atomic E-state index is 14.5. The molecule has 0 fully saturated rings. The van der Waals surface area contributed by atoms with E-state index in [1.165, 1.54) is 40.7 Å². The molecule has 0 spiro atoms. The fraction of sp³-hybridized carbons (Fsp3) is 0.553. The van der Waals surface area contributed by atoms with Crippen LogP contribution in [0.5, 0.6) is 0 Å². The maximum Gasteiger partial charge on any atom is 0.460 e. The number of benzene rings is 2. The molecule has 27 heteroatoms. The zero-order valence-electron chi connectivity index (χ0n) is 33.5. The van der Waals surface area contributed by atoms with Crippen molar-refractivity contribution in [2.24, 2.45) is 0 Å². The fourth-order valence-corrected chi connectivity index (χ4v) is 5.15. The van der Waals surface area contributed by atoms with E-state index in [-0.39, 0.29) is 11.1 Å². The highest BCUT2D eigenvalue weighted by Crippen LogP contribution is 2.65. The van der Waals surface area contributed by atoms with E-state index in [1.807, 2.05) is 0 Å². The number of carbonyl (C=O) groups excluding carboxylic acids is 2. The Morgan fingerprint density at radius 3 is 1.48 bits per heavy atom. The van der Waals surface area contributed by atoms with Gasteiger partial charge in [-0.2, -0.15) is 96.6 Å². The molecule has 2 rings (SSSR count). The van der Waals surface area contributed by atoms with E-state index in [1.54, 1.807) is 0 Å². The highest BCUT2D eigenvalue weighted by molar-refractivity contribution is 5.88. The molecule has 1 atom stereocenters. The van der Waals surface area contributed by atoms with Crippen LogP contribution >= 0.6 is 0 Å². The number of hydrogen-bond acceptors (Lipinski definition) is 4. The number of rotatable bonds is 17. The summed E-state index contributed by atoms with van der Waals surface area (Å²) in [6, 6.07) is 6.63. The topological polar surface area (TPSA) is 64.6 Å². The Balaban J connectivity index is 2.37. The number of halogens is 22. The van der Waals surface area contributed by atoms with Crippen LogP contribution in [0.4, 0.5) is 101 Å². The van der Waals surface area contributed by atoms with Gasteiger partial charge in [0.25, 0.3) is 0 Å². The number of amides is 1. The molecule has 0 heterocycles. The summed E-state index contributed by atoms with van der Waals surface area (Å²) in [6.45, 7) is 6.37. The summed E-state index contributed by atoms with van der Waals surface area (Å²) in [6.07, 6.45) is -18.4. The summed E-state index contributed by atoms with van der Waals surface area (Å²) >= 11 is 0. The van der Waals surface area contributed by atoms with E-state index >= 15 is 0 Å². The lowest BCUT2D eigenvalue weighted by Crippen LogP contribution is -2.75. The van der Waals surface area contributed by atoms with Crippen molar-refractivity contribution < 1.29 is 116 Å². The van der Waals surface area contributed by atoms with Crippen LogP contribution in [0, 0.1) is 0 Å². The van der Waals surface area contributed by atoms with Crippen LogP contribution < -0.4 is 5.32 Å². The van der Waals surface area contributed by atoms with E-state index < -0.39 is 120 Å². The molecule has 65 heavy (non-hydrogen) atoms. The maximum atomic E-state index is 14.5. The minimum atomic E-state index is -9.03. The van der Waals surface area contributed by atoms with Crippen molar-refractivity contribution in [3.8, 4) is 0 Å². The predicted molar refractivity (Wildman–Crippen MR) is 180 cm³/mol. The first-order valence-corrected chi connectivity index (χ1v) is 17.7. The average Bonchev–Trinajstić information content (AvgIpc) is 3.13. The number of hydrogen-bond donors (Lipinski definition) is 1. The van der Waals surface area contributed by atoms with Crippen LogP contribution in [-0.4, -0.2) is 76.8 Å². The Bertz CT molecular complexity index is 2080. The predicted octanol–water partition coefficient (Wildman–Crippen LogP) is 13.0. The second-order valence-corrected chi connectivity index (χ2v) is 15.4. The molecule has 0 aliphatic carbocycles. The quantitative estimate of drug-likeness (QED) is 0.0974. The lowest BCUT2D eigenvalue weighted by Gasteiger charge is -2.43. The molecule has 2 aromatic carbocycles. The molecule has 5 nitrogen and oxygen atoms in total. The van der Waals surface area contributed by atoms with Crippen molar-refractivity contribution in [3.63, 3.8) is 0 Å². The smallest absolute Gasteiger partial charge is 0.458 e. The van der Waals surface area contributed by atoms with Crippen molar-refractivity contribution in [3.05, 3.63) is 88.2 Å². The van der Waals surface area contributed by atoms with Crippen molar-refractivity contribution in [1.29, 1.82) is 0 Å². The number of alkyl halides is 22. The second-order valence-electron chi connectivity index (χ2n) is 15.4. The molecule has 0 bridgehead atoms. The molecule has 368 valence electrons. The van der Waals surface area contributed by atoms with Gasteiger partial charge in [-0.25, -0.2) is 9.59 Å². The van der Waals surface area contributed by atoms with Gasteiger partial charge in [0.15, 0.2) is 5.54 Å². The third kappa shape index (κ3) is 11.2. The fourth-order valence-electron chi connectivity index (χ4n) is 5.15. The minimum absolute atomic E-state index is 0.149. The molecule has 0 aliphatic rings. The van der Waals surface area contributed by atoms with Gasteiger partial charge in [0.1, 0.15) is 12.2 Å². The minimum Gasteiger partial charge on any atom is -0.458 e. The molecule has 1 amide bonds. The SMILES string of the molecule is CC(C)=C=CC(Cc1cccc(C(F)(F)F)c1)(NC(=O)OCc1ccc(CCC(F)(F)C(F)(F)C(F)(F)C(F)(F)C(F)(F)C(F)(F)C(F)(F)C(F)(F)C(F)(F)F)cc1)C(=O)OC(C)(C)C. The van der Waals surface area contributed by atoms with Crippen LogP contribution in [0.1, 0.15) is 63.3 Å². The second kappa shape index (κ2) is 18.1. The third-order valence-corrected chi connectivity index (χ3v) is 8.73. The van der Waals surface area contributed by atoms with Crippen LogP contribution in [0.2, 0.25) is 0 Å². The van der Waals surface area contributed by atoms with E-state index in [0.717, 1.165) is 24.3 Å². The van der Waals surface area contributed by atoms with Crippen molar-refractivity contribution >= 4 is 12.1 Å². The zero-order valence-corrected chi connectivity index (χ0v) is 33.5. The molecule has 0 radical (unpaired) electrons. The van der Waals surface area contributed by atoms with Gasteiger partial charge in [-0.05, 0) is 75.4 Å². The molecular weight excluding hydrogens is 952 g/mol. The lowest BCUT2D eigenvalue weighted by atomic mass is 9.86. The van der Waals surface area contributed by atoms with Gasteiger partial charge in [-0.15, -0.1) is 5.73 Å². The standard InChI is InChI=1S/C38H33F22NO4/c1-20(2)13-15-28(25(62)65-27(3,4)5,18-23-7-6-8-24(17-23)30(41,42)43)61-26(63)64-19-22-11-9-21(10-12-22)14-16-29(39,40)31(44,45)32(46,47)33(48,49)34(50,51)35(52,53)36(54,55)37(56,57)38(58,59)60/h6-12,15,17H,14,16,18-19H2,1-5H3,(H,61,63). The van der Waals surface area contributed by atoms with Gasteiger partial charge < -0.3 is 14.8 Å². The first kappa shape index (κ1) is 56.3. The third-order valence-electron chi connectivity index (χ3n) is 8.73. The Morgan fingerprint density at radius 1 is 0.600 bits per heavy atom. The van der Waals surface area contributed by atoms with Crippen molar-refractivity contribution in [1.82, 2.24) is 5.32 Å². The first-order valence-electron chi connectivity index (χ1n) is 17.7. The Labute approximate surface area is 352 Å². The summed E-state index contributed by atoms with van der Waals surface area (Å²) in [5.74, 6) is -68.6. The van der Waals surface area contributed by atoms with Crippen LogP contribution in [-0.2, 0) is 39.9 Å². The van der Waals surface area contributed by atoms with Gasteiger partial charge in [0.05, 0.1) is 5.56 Å². The lowest BCUT2D eigenvalue weighted by molar-refractivity contribution is -0.468. The van der Waals surface area contributed by atoms with Gasteiger partial charge in [0.2, 0.25) is 0 Å². The molecule has 0 saturated heterocycles. The van der Waals surface area contributed by atoms with Gasteiger partial charge >= 0.3 is 71.8 Å². The van der Waals surface area contributed by atoms with Crippen molar-refractivity contribution in [2.75, 3.05) is 0 Å². The Kier molecular flexibility index (Phi) is 15.7.